The Kier molecular flexibility index (Phi) is 4.10. The number of hydrogen-bond acceptors (Lipinski definition) is 2. The third-order valence-electron chi connectivity index (χ3n) is 3.44. The van der Waals surface area contributed by atoms with E-state index in [0.29, 0.717) is 12.0 Å². The van der Waals surface area contributed by atoms with Crippen LogP contribution in [0.4, 0.5) is 0 Å². The third kappa shape index (κ3) is 2.94. The van der Waals surface area contributed by atoms with Crippen molar-refractivity contribution in [1.29, 1.82) is 0 Å². The van der Waals surface area contributed by atoms with Crippen molar-refractivity contribution in [2.45, 2.75) is 51.6 Å². The highest BCUT2D eigenvalue weighted by molar-refractivity contribution is 9.10. The maximum Gasteiger partial charge on any atom is 0.170 e. The fraction of sp³-hybridized carbons (Fsp3) is 0.533. The van der Waals surface area contributed by atoms with Gasteiger partial charge in [0.15, 0.2) is 5.78 Å². The second-order valence-corrected chi connectivity index (χ2v) is 6.17. The number of Topliss-reactive ketones (excluding diaryl/α,β-unsaturated/α-hetero) is 1. The number of rotatable bonds is 4. The van der Waals surface area contributed by atoms with Crippen LogP contribution in [0.1, 0.15) is 56.3 Å². The third-order valence-corrected chi connectivity index (χ3v) is 3.94. The van der Waals surface area contributed by atoms with Crippen molar-refractivity contribution in [2.24, 2.45) is 0 Å². The lowest BCUT2D eigenvalue weighted by Crippen LogP contribution is -2.39. The van der Waals surface area contributed by atoms with Crippen molar-refractivity contribution in [3.63, 3.8) is 0 Å². The molecule has 0 aliphatic carbocycles. The fourth-order valence-corrected chi connectivity index (χ4v) is 2.78. The molecule has 3 heteroatoms. The minimum Gasteiger partial charge on any atom is -0.486 e. The van der Waals surface area contributed by atoms with Gasteiger partial charge in [-0.1, -0.05) is 35.7 Å². The van der Waals surface area contributed by atoms with Crippen molar-refractivity contribution in [3.05, 3.63) is 28.2 Å². The molecule has 1 unspecified atom stereocenters. The summed E-state index contributed by atoms with van der Waals surface area (Å²) in [6.45, 7) is 4.23. The van der Waals surface area contributed by atoms with Gasteiger partial charge in [-0.05, 0) is 38.0 Å². The molecule has 1 heterocycles. The molecule has 1 aromatic rings. The molecule has 0 amide bonds. The van der Waals surface area contributed by atoms with E-state index < -0.39 is 0 Å². The van der Waals surface area contributed by atoms with Gasteiger partial charge in [0, 0.05) is 4.47 Å². The van der Waals surface area contributed by atoms with E-state index in [1.54, 1.807) is 0 Å². The number of ether oxygens (including phenoxy) is 1. The van der Waals surface area contributed by atoms with Gasteiger partial charge in [-0.3, -0.25) is 4.79 Å². The Bertz CT molecular complexity index is 456. The van der Waals surface area contributed by atoms with E-state index in [1.807, 2.05) is 25.1 Å². The maximum atomic E-state index is 12.1. The molecule has 18 heavy (non-hydrogen) atoms. The van der Waals surface area contributed by atoms with E-state index in [4.69, 9.17) is 4.74 Å². The molecule has 98 valence electrons. The van der Waals surface area contributed by atoms with Gasteiger partial charge in [0.1, 0.15) is 11.4 Å². The summed E-state index contributed by atoms with van der Waals surface area (Å²) in [5, 5.41) is 0. The van der Waals surface area contributed by atoms with Gasteiger partial charge < -0.3 is 4.74 Å². The molecule has 1 aromatic carbocycles. The molecule has 2 rings (SSSR count). The highest BCUT2D eigenvalue weighted by atomic mass is 79.9. The van der Waals surface area contributed by atoms with Crippen LogP contribution in [-0.4, -0.2) is 11.4 Å². The first kappa shape index (κ1) is 13.6. The Morgan fingerprint density at radius 2 is 2.17 bits per heavy atom. The molecule has 0 spiro atoms. The molecule has 0 saturated heterocycles. The Morgan fingerprint density at radius 3 is 2.89 bits per heavy atom. The van der Waals surface area contributed by atoms with Gasteiger partial charge in [-0.2, -0.15) is 0 Å². The van der Waals surface area contributed by atoms with E-state index >= 15 is 0 Å². The van der Waals surface area contributed by atoms with Crippen LogP contribution in [0, 0.1) is 0 Å². The van der Waals surface area contributed by atoms with Crippen LogP contribution in [0.25, 0.3) is 0 Å². The first-order chi connectivity index (χ1) is 8.54. The van der Waals surface area contributed by atoms with E-state index in [-0.39, 0.29) is 11.4 Å². The molecular formula is C15H19BrO2. The van der Waals surface area contributed by atoms with Crippen molar-refractivity contribution in [1.82, 2.24) is 0 Å². The van der Waals surface area contributed by atoms with Gasteiger partial charge in [-0.25, -0.2) is 0 Å². The number of halogens is 1. The number of fused-ring (bicyclic) bond motifs is 1. The zero-order valence-electron chi connectivity index (χ0n) is 11.0. The van der Waals surface area contributed by atoms with E-state index in [0.717, 1.165) is 23.1 Å². The van der Waals surface area contributed by atoms with Crippen molar-refractivity contribution < 1.29 is 9.53 Å². The summed E-state index contributed by atoms with van der Waals surface area (Å²) in [6, 6.07) is 5.62. The summed E-state index contributed by atoms with van der Waals surface area (Å²) in [5.41, 5.74) is 0.381. The normalized spacial score (nSPS) is 22.5. The van der Waals surface area contributed by atoms with Gasteiger partial charge in [-0.15, -0.1) is 0 Å². The molecule has 0 saturated carbocycles. The molecule has 2 nitrogen and oxygen atoms in total. The quantitative estimate of drug-likeness (QED) is 0.750. The van der Waals surface area contributed by atoms with Crippen LogP contribution in [0.15, 0.2) is 22.7 Å². The van der Waals surface area contributed by atoms with Crippen molar-refractivity contribution in [3.8, 4) is 5.75 Å². The Labute approximate surface area is 117 Å². The van der Waals surface area contributed by atoms with Crippen molar-refractivity contribution >= 4 is 21.7 Å². The predicted octanol–water partition coefficient (Wildman–Crippen LogP) is 4.75. The Morgan fingerprint density at radius 1 is 1.39 bits per heavy atom. The lowest BCUT2D eigenvalue weighted by molar-refractivity contribution is 0.0453. The molecule has 0 bridgehead atoms. The first-order valence-corrected chi connectivity index (χ1v) is 7.35. The van der Waals surface area contributed by atoms with E-state index in [9.17, 15) is 4.79 Å². The summed E-state index contributed by atoms with van der Waals surface area (Å²) in [6.07, 6.45) is 4.93. The molecule has 0 radical (unpaired) electrons. The highest BCUT2D eigenvalue weighted by Crippen LogP contribution is 2.37. The van der Waals surface area contributed by atoms with Gasteiger partial charge >= 0.3 is 0 Å². The number of unbranched alkanes of at least 4 members (excludes halogenated alkanes) is 2. The average molecular weight is 311 g/mol. The van der Waals surface area contributed by atoms with E-state index in [1.165, 1.54) is 12.8 Å². The Balaban J connectivity index is 2.18. The smallest absolute Gasteiger partial charge is 0.170 e. The molecule has 1 atom stereocenters. The van der Waals surface area contributed by atoms with Crippen LogP contribution >= 0.6 is 15.9 Å². The summed E-state index contributed by atoms with van der Waals surface area (Å²) >= 11 is 3.42. The van der Waals surface area contributed by atoms with Crippen LogP contribution in [0.2, 0.25) is 0 Å². The first-order valence-electron chi connectivity index (χ1n) is 6.56. The van der Waals surface area contributed by atoms with Gasteiger partial charge in [0.25, 0.3) is 0 Å². The number of carbonyl (C=O) groups excluding carboxylic acids is 1. The number of ketones is 1. The summed E-state index contributed by atoms with van der Waals surface area (Å²) in [4.78, 5) is 12.1. The fourth-order valence-electron chi connectivity index (χ4n) is 2.44. The van der Waals surface area contributed by atoms with Gasteiger partial charge in [0.2, 0.25) is 0 Å². The summed E-state index contributed by atoms with van der Waals surface area (Å²) < 4.78 is 7.02. The number of carbonyl (C=O) groups is 1. The number of benzene rings is 1. The van der Waals surface area contributed by atoms with Crippen molar-refractivity contribution in [2.75, 3.05) is 0 Å². The standard InChI is InChI=1S/C15H19BrO2/c1-3-4-5-8-15(2)10-13(17)12-7-6-11(16)9-14(12)18-15/h6-7,9H,3-5,8,10H2,1-2H3. The van der Waals surface area contributed by atoms with E-state index in [2.05, 4.69) is 22.9 Å². The molecule has 1 aliphatic rings. The second kappa shape index (κ2) is 5.43. The summed E-state index contributed by atoms with van der Waals surface area (Å²) in [7, 11) is 0. The largest absolute Gasteiger partial charge is 0.486 e. The van der Waals surface area contributed by atoms with Crippen LogP contribution in [0.5, 0.6) is 5.75 Å². The molecular weight excluding hydrogens is 292 g/mol. The average Bonchev–Trinajstić information content (AvgIpc) is 2.28. The molecule has 0 fully saturated rings. The Hall–Kier alpha value is -0.830. The molecule has 1 aliphatic heterocycles. The second-order valence-electron chi connectivity index (χ2n) is 5.25. The molecule has 0 N–H and O–H groups in total. The monoisotopic (exact) mass is 310 g/mol. The molecule has 0 aromatic heterocycles. The maximum absolute atomic E-state index is 12.1. The zero-order chi connectivity index (χ0) is 13.2. The lowest BCUT2D eigenvalue weighted by atomic mass is 9.87. The zero-order valence-corrected chi connectivity index (χ0v) is 12.5. The van der Waals surface area contributed by atoms with Gasteiger partial charge in [0.05, 0.1) is 12.0 Å². The summed E-state index contributed by atoms with van der Waals surface area (Å²) in [5.74, 6) is 0.919. The SMILES string of the molecule is CCCCCC1(C)CC(=O)c2ccc(Br)cc2O1. The number of hydrogen-bond donors (Lipinski definition) is 0. The van der Waals surface area contributed by atoms with Crippen LogP contribution in [0.3, 0.4) is 0 Å². The topological polar surface area (TPSA) is 26.3 Å². The minimum absolute atomic E-state index is 0.197. The minimum atomic E-state index is -0.333. The predicted molar refractivity (Wildman–Crippen MR) is 76.3 cm³/mol. The van der Waals surface area contributed by atoms with Crippen LogP contribution < -0.4 is 4.74 Å². The lowest BCUT2D eigenvalue weighted by Gasteiger charge is -2.35. The van der Waals surface area contributed by atoms with Crippen LogP contribution in [-0.2, 0) is 0 Å². The highest BCUT2D eigenvalue weighted by Gasteiger charge is 2.35.